The molecule has 2 aromatic carbocycles. The largest absolute Gasteiger partial charge is 0.454 e. The average Bonchev–Trinajstić information content (AvgIpc) is 3.40. The van der Waals surface area contributed by atoms with Gasteiger partial charge in [0.2, 0.25) is 12.7 Å². The first-order valence-electron chi connectivity index (χ1n) is 8.84. The van der Waals surface area contributed by atoms with Gasteiger partial charge in [-0.05, 0) is 30.5 Å². The number of carbonyl (C=O) groups is 1. The molecule has 1 aliphatic carbocycles. The molecule has 27 heavy (non-hydrogen) atoms. The van der Waals surface area contributed by atoms with E-state index in [2.05, 4.69) is 15.3 Å². The minimum Gasteiger partial charge on any atom is -0.454 e. The van der Waals surface area contributed by atoms with E-state index in [1.807, 2.05) is 48.5 Å². The lowest BCUT2D eigenvalue weighted by atomic mass is 9.94. The number of fused-ring (bicyclic) bond motifs is 1. The number of hydrogen-bond donors (Lipinski definition) is 1. The van der Waals surface area contributed by atoms with Crippen LogP contribution in [0.4, 0.5) is 5.82 Å². The molecule has 5 rings (SSSR count). The van der Waals surface area contributed by atoms with Gasteiger partial charge in [-0.1, -0.05) is 36.4 Å². The number of anilines is 1. The fourth-order valence-electron chi connectivity index (χ4n) is 3.35. The van der Waals surface area contributed by atoms with Crippen LogP contribution in [0.5, 0.6) is 11.5 Å². The molecule has 2 heterocycles. The van der Waals surface area contributed by atoms with Crippen molar-refractivity contribution in [1.29, 1.82) is 0 Å². The Morgan fingerprint density at radius 1 is 1.00 bits per heavy atom. The van der Waals surface area contributed by atoms with Crippen LogP contribution in [0.3, 0.4) is 0 Å². The Hall–Kier alpha value is -3.41. The summed E-state index contributed by atoms with van der Waals surface area (Å²) in [5, 5.41) is 2.90. The first-order valence-corrected chi connectivity index (χ1v) is 8.84. The van der Waals surface area contributed by atoms with Crippen LogP contribution in [-0.4, -0.2) is 22.7 Å². The van der Waals surface area contributed by atoms with Crippen molar-refractivity contribution < 1.29 is 15.7 Å². The maximum Gasteiger partial charge on any atom is 0.236 e. The van der Waals surface area contributed by atoms with Crippen LogP contribution < -0.4 is 14.8 Å². The number of carbonyl (C=O) groups excluding carboxylic acids is 1. The number of ether oxygens (including phenoxy) is 2. The van der Waals surface area contributed by atoms with Gasteiger partial charge in [0, 0.05) is 6.99 Å². The highest BCUT2D eigenvalue weighted by Gasteiger charge is 2.51. The highest BCUT2D eigenvalue weighted by atomic mass is 16.7. The number of amides is 1. The van der Waals surface area contributed by atoms with Gasteiger partial charge in [-0.3, -0.25) is 9.78 Å². The fourth-order valence-corrected chi connectivity index (χ4v) is 3.35. The Kier molecular flexibility index (Phi) is 3.57. The van der Waals surface area contributed by atoms with Gasteiger partial charge < -0.3 is 14.8 Å². The highest BCUT2D eigenvalue weighted by Crippen LogP contribution is 2.51. The lowest BCUT2D eigenvalue weighted by Crippen LogP contribution is -2.28. The topological polar surface area (TPSA) is 73.3 Å². The van der Waals surface area contributed by atoms with E-state index in [0.29, 0.717) is 11.6 Å². The van der Waals surface area contributed by atoms with Gasteiger partial charge in [0.1, 0.15) is 0 Å². The third-order valence-electron chi connectivity index (χ3n) is 5.07. The molecule has 136 valence electrons. The van der Waals surface area contributed by atoms with E-state index < -0.39 is 5.41 Å². The van der Waals surface area contributed by atoms with Gasteiger partial charge in [-0.25, -0.2) is 4.98 Å². The van der Waals surface area contributed by atoms with E-state index in [9.17, 15) is 4.79 Å². The molecule has 1 aliphatic heterocycles. The first kappa shape index (κ1) is 15.8. The normalized spacial score (nSPS) is 16.0. The van der Waals surface area contributed by atoms with Gasteiger partial charge in [-0.2, -0.15) is 0 Å². The van der Waals surface area contributed by atoms with Crippen molar-refractivity contribution in [2.24, 2.45) is 0 Å². The number of nitrogens with one attached hydrogen (secondary N) is 1. The van der Waals surface area contributed by atoms with E-state index in [1.54, 1.807) is 12.4 Å². The highest BCUT2D eigenvalue weighted by molar-refractivity contribution is 6.00. The number of nitrogens with zero attached hydrogens (tertiary/aromatic N) is 2. The van der Waals surface area contributed by atoms with E-state index in [0.717, 1.165) is 35.4 Å². The molecule has 6 nitrogen and oxygen atoms in total. The zero-order chi connectivity index (χ0) is 18.3. The first-order chi connectivity index (χ1) is 13.2. The van der Waals surface area contributed by atoms with Crippen LogP contribution in [-0.2, 0) is 10.2 Å². The van der Waals surface area contributed by atoms with E-state index in [4.69, 9.17) is 9.47 Å². The second-order valence-electron chi connectivity index (χ2n) is 6.76. The van der Waals surface area contributed by atoms with Crippen LogP contribution in [0.15, 0.2) is 60.9 Å². The summed E-state index contributed by atoms with van der Waals surface area (Å²) in [6, 6.07) is 15.5. The number of rotatable bonds is 4. The predicted molar refractivity (Wildman–Crippen MR) is 102 cm³/mol. The smallest absolute Gasteiger partial charge is 0.236 e. The van der Waals surface area contributed by atoms with Crippen LogP contribution in [0, 0.1) is 0 Å². The molecule has 0 radical (unpaired) electrons. The maximum atomic E-state index is 12.9. The molecular weight excluding hydrogens is 342 g/mol. The van der Waals surface area contributed by atoms with E-state index in [-0.39, 0.29) is 14.1 Å². The molecule has 1 fully saturated rings. The minimum atomic E-state index is -0.527. The van der Waals surface area contributed by atoms with Crippen molar-refractivity contribution in [3.63, 3.8) is 0 Å². The molecule has 6 heteroatoms. The van der Waals surface area contributed by atoms with Crippen molar-refractivity contribution in [2.45, 2.75) is 18.3 Å². The second kappa shape index (κ2) is 6.09. The quantitative estimate of drug-likeness (QED) is 0.765. The summed E-state index contributed by atoms with van der Waals surface area (Å²) in [4.78, 5) is 21.7. The molecule has 1 saturated carbocycles. The van der Waals surface area contributed by atoms with Crippen LogP contribution in [0.1, 0.15) is 19.8 Å². The van der Waals surface area contributed by atoms with Gasteiger partial charge in [0.25, 0.3) is 0 Å². The minimum absolute atomic E-state index is 0. The van der Waals surface area contributed by atoms with Gasteiger partial charge in [0.15, 0.2) is 17.3 Å². The second-order valence-corrected chi connectivity index (χ2v) is 6.76. The molecule has 3 aromatic rings. The molecule has 0 saturated heterocycles. The van der Waals surface area contributed by atoms with Crippen LogP contribution >= 0.6 is 0 Å². The Morgan fingerprint density at radius 3 is 2.56 bits per heavy atom. The molecule has 1 N–H and O–H groups in total. The van der Waals surface area contributed by atoms with Crippen molar-refractivity contribution in [1.82, 2.24) is 9.97 Å². The molecule has 0 atom stereocenters. The van der Waals surface area contributed by atoms with Crippen molar-refractivity contribution in [3.8, 4) is 22.8 Å². The SMILES string of the molecule is O=C(Nc1cnc(-c2ccccc2)cn1)C1(c2ccc3c(c2)OCO3)CC1.[HH]. The monoisotopic (exact) mass is 361 g/mol. The molecule has 2 aliphatic rings. The molecule has 0 bridgehead atoms. The lowest BCUT2D eigenvalue weighted by molar-refractivity contribution is -0.118. The van der Waals surface area contributed by atoms with Crippen LogP contribution in [0.2, 0.25) is 0 Å². The van der Waals surface area contributed by atoms with Gasteiger partial charge in [0.05, 0.1) is 23.5 Å². The summed E-state index contributed by atoms with van der Waals surface area (Å²) in [5.74, 6) is 1.80. The predicted octanol–water partition coefficient (Wildman–Crippen LogP) is 3.79. The molecule has 0 unspecified atom stereocenters. The Labute approximate surface area is 157 Å². The van der Waals surface area contributed by atoms with Gasteiger partial charge >= 0.3 is 0 Å². The summed E-state index contributed by atoms with van der Waals surface area (Å²) in [6.45, 7) is 0.224. The molecule has 1 aromatic heterocycles. The maximum absolute atomic E-state index is 12.9. The summed E-state index contributed by atoms with van der Waals surface area (Å²) in [6.07, 6.45) is 4.86. The Bertz CT molecular complexity index is 1010. The third-order valence-corrected chi connectivity index (χ3v) is 5.07. The van der Waals surface area contributed by atoms with E-state index in [1.165, 1.54) is 0 Å². The summed E-state index contributed by atoms with van der Waals surface area (Å²) >= 11 is 0. The van der Waals surface area contributed by atoms with Crippen molar-refractivity contribution in [2.75, 3.05) is 12.1 Å². The Balaban J connectivity index is 0.00000192. The van der Waals surface area contributed by atoms with E-state index >= 15 is 0 Å². The summed E-state index contributed by atoms with van der Waals surface area (Å²) < 4.78 is 10.8. The Morgan fingerprint density at radius 2 is 1.81 bits per heavy atom. The molecule has 1 amide bonds. The summed E-state index contributed by atoms with van der Waals surface area (Å²) in [7, 11) is 0. The van der Waals surface area contributed by atoms with Crippen LogP contribution in [0.25, 0.3) is 11.3 Å². The fraction of sp³-hybridized carbons (Fsp3) is 0.190. The molecule has 0 spiro atoms. The molecular formula is C21H19N3O3. The van der Waals surface area contributed by atoms with Crippen molar-refractivity contribution >= 4 is 11.7 Å². The van der Waals surface area contributed by atoms with Crippen molar-refractivity contribution in [3.05, 3.63) is 66.5 Å². The average molecular weight is 361 g/mol. The number of aromatic nitrogens is 2. The number of hydrogen-bond acceptors (Lipinski definition) is 5. The third kappa shape index (κ3) is 2.79. The number of benzene rings is 2. The standard InChI is InChI=1S/C21H17N3O3.H2/c25-20(21(8-9-21)15-6-7-17-18(10-15)27-13-26-17)24-19-12-22-16(11-23-19)14-4-2-1-3-5-14;/h1-7,10-12H,8-9,13H2,(H,23,24,25);1H. The lowest BCUT2D eigenvalue weighted by Gasteiger charge is -2.16. The summed E-state index contributed by atoms with van der Waals surface area (Å²) in [5.41, 5.74) is 2.17. The zero-order valence-corrected chi connectivity index (χ0v) is 14.5. The zero-order valence-electron chi connectivity index (χ0n) is 14.5. The van der Waals surface area contributed by atoms with Gasteiger partial charge in [-0.15, -0.1) is 0 Å².